The maximum atomic E-state index is 9.30. The van der Waals surface area contributed by atoms with Crippen LogP contribution in [0.25, 0.3) is 0 Å². The van der Waals surface area contributed by atoms with Crippen LogP contribution in [0.1, 0.15) is 6.42 Å². The molecule has 2 N–H and O–H groups in total. The van der Waals surface area contributed by atoms with E-state index in [2.05, 4.69) is 25.3 Å². The number of hydrogen-bond acceptors (Lipinski definition) is 6. The molecular formula is C7H18O4S2Si. The third-order valence-electron chi connectivity index (χ3n) is 2.26. The number of aliphatic hydroxyl groups is 2. The summed E-state index contributed by atoms with van der Waals surface area (Å²) in [5.74, 6) is -0.430. The van der Waals surface area contributed by atoms with Crippen molar-refractivity contribution in [3.05, 3.63) is 0 Å². The van der Waals surface area contributed by atoms with Crippen LogP contribution < -0.4 is 0 Å². The Bertz CT molecular complexity index is 155. The number of aliphatic hydroxyl groups excluding tert-OH is 1. The second kappa shape index (κ2) is 7.10. The summed E-state index contributed by atoms with van der Waals surface area (Å²) in [6, 6.07) is 0. The topological polar surface area (TPSA) is 58.9 Å². The first kappa shape index (κ1) is 14.8. The summed E-state index contributed by atoms with van der Waals surface area (Å²) in [6.07, 6.45) is 0.693. The molecule has 0 fully saturated rings. The maximum Gasteiger partial charge on any atom is 0.399 e. The van der Waals surface area contributed by atoms with Crippen LogP contribution in [0, 0.1) is 0 Å². The third kappa shape index (κ3) is 3.12. The van der Waals surface area contributed by atoms with Crippen LogP contribution in [0.2, 0.25) is 5.54 Å². The Morgan fingerprint density at radius 3 is 1.93 bits per heavy atom. The minimum Gasteiger partial charge on any atom is -0.395 e. The lowest BCUT2D eigenvalue weighted by Gasteiger charge is -2.35. The Hall–Kier alpha value is 0.757. The molecule has 0 aromatic rings. The lowest BCUT2D eigenvalue weighted by atomic mass is 10.4. The SMILES string of the molecule is CO[Si](OC)(C(O)O)C(CS)CCS. The summed E-state index contributed by atoms with van der Waals surface area (Å²) in [4.78, 5) is 0. The van der Waals surface area contributed by atoms with Crippen LogP contribution >= 0.6 is 25.3 Å². The summed E-state index contributed by atoms with van der Waals surface area (Å²) in [6.45, 7) is 0. The summed E-state index contributed by atoms with van der Waals surface area (Å²) in [5.41, 5.74) is -0.0849. The van der Waals surface area contributed by atoms with Crippen molar-refractivity contribution in [3.8, 4) is 0 Å². The molecule has 0 aliphatic heterocycles. The zero-order valence-electron chi connectivity index (χ0n) is 8.38. The summed E-state index contributed by atoms with van der Waals surface area (Å²) in [5, 5.41) is 18.6. The van der Waals surface area contributed by atoms with Crippen molar-refractivity contribution >= 4 is 33.8 Å². The Balaban J connectivity index is 4.73. The average Bonchev–Trinajstić information content (AvgIpc) is 2.18. The molecule has 0 aromatic heterocycles. The van der Waals surface area contributed by atoms with Crippen LogP contribution in [-0.4, -0.2) is 50.4 Å². The highest BCUT2D eigenvalue weighted by Crippen LogP contribution is 2.30. The van der Waals surface area contributed by atoms with Crippen LogP contribution in [0.15, 0.2) is 0 Å². The molecule has 86 valence electrons. The highest BCUT2D eigenvalue weighted by molar-refractivity contribution is 7.80. The normalized spacial score (nSPS) is 14.8. The van der Waals surface area contributed by atoms with Gasteiger partial charge in [-0.3, -0.25) is 0 Å². The first-order chi connectivity index (χ1) is 6.58. The molecule has 0 aliphatic carbocycles. The van der Waals surface area contributed by atoms with Crippen LogP contribution in [0.4, 0.5) is 0 Å². The fourth-order valence-electron chi connectivity index (χ4n) is 1.41. The smallest absolute Gasteiger partial charge is 0.395 e. The van der Waals surface area contributed by atoms with E-state index in [4.69, 9.17) is 8.85 Å². The maximum absolute atomic E-state index is 9.30. The molecule has 4 nitrogen and oxygen atoms in total. The predicted molar refractivity (Wildman–Crippen MR) is 64.1 cm³/mol. The van der Waals surface area contributed by atoms with E-state index in [9.17, 15) is 10.2 Å². The molecule has 0 spiro atoms. The lowest BCUT2D eigenvalue weighted by Crippen LogP contribution is -2.56. The van der Waals surface area contributed by atoms with Gasteiger partial charge in [0.1, 0.15) is 0 Å². The zero-order chi connectivity index (χ0) is 11.2. The molecule has 0 radical (unpaired) electrons. The van der Waals surface area contributed by atoms with Crippen LogP contribution in [-0.2, 0) is 8.85 Å². The standard InChI is InChI=1S/C7H18O4S2Si/c1-10-14(11-2,7(8)9)6(5-13)3-4-12/h6-9,12-13H,3-5H2,1-2H3. The molecule has 0 aliphatic rings. The highest BCUT2D eigenvalue weighted by atomic mass is 32.1. The van der Waals surface area contributed by atoms with Gasteiger partial charge in [0.15, 0.2) is 5.91 Å². The van der Waals surface area contributed by atoms with Crippen LogP contribution in [0.3, 0.4) is 0 Å². The average molecular weight is 258 g/mol. The molecular weight excluding hydrogens is 240 g/mol. The van der Waals surface area contributed by atoms with Gasteiger partial charge in [-0.15, -0.1) is 0 Å². The molecule has 0 bridgehead atoms. The van der Waals surface area contributed by atoms with Gasteiger partial charge in [-0.1, -0.05) is 0 Å². The zero-order valence-corrected chi connectivity index (χ0v) is 11.2. The fourth-order valence-corrected chi connectivity index (χ4v) is 5.39. The number of rotatable bonds is 7. The van der Waals surface area contributed by atoms with E-state index in [1.165, 1.54) is 14.2 Å². The Morgan fingerprint density at radius 2 is 1.71 bits per heavy atom. The minimum atomic E-state index is -2.99. The van der Waals surface area contributed by atoms with Gasteiger partial charge in [0.25, 0.3) is 0 Å². The molecule has 1 unspecified atom stereocenters. The molecule has 0 aromatic carbocycles. The van der Waals surface area contributed by atoms with Gasteiger partial charge in [0, 0.05) is 19.8 Å². The Labute approximate surface area is 96.7 Å². The molecule has 0 saturated heterocycles. The monoisotopic (exact) mass is 258 g/mol. The number of thiol groups is 2. The fraction of sp³-hybridized carbons (Fsp3) is 1.00. The summed E-state index contributed by atoms with van der Waals surface area (Å²) < 4.78 is 10.4. The Morgan fingerprint density at radius 1 is 1.21 bits per heavy atom. The predicted octanol–water partition coefficient (Wildman–Crippen LogP) is 0.191. The first-order valence-corrected chi connectivity index (χ1v) is 7.50. The van der Waals surface area contributed by atoms with E-state index in [0.29, 0.717) is 17.9 Å². The molecule has 0 amide bonds. The van der Waals surface area contributed by atoms with E-state index >= 15 is 0 Å². The minimum absolute atomic E-state index is 0.0849. The van der Waals surface area contributed by atoms with Crippen molar-refractivity contribution in [1.29, 1.82) is 0 Å². The van der Waals surface area contributed by atoms with Gasteiger partial charge in [-0.05, 0) is 17.9 Å². The molecule has 7 heteroatoms. The largest absolute Gasteiger partial charge is 0.399 e. The van der Waals surface area contributed by atoms with Gasteiger partial charge in [-0.2, -0.15) is 25.3 Å². The van der Waals surface area contributed by atoms with Crippen molar-refractivity contribution in [1.82, 2.24) is 0 Å². The molecule has 0 rings (SSSR count). The van der Waals surface area contributed by atoms with E-state index in [1.54, 1.807) is 0 Å². The molecule has 14 heavy (non-hydrogen) atoms. The van der Waals surface area contributed by atoms with Gasteiger partial charge in [0.2, 0.25) is 0 Å². The quantitative estimate of drug-likeness (QED) is 0.299. The first-order valence-electron chi connectivity index (χ1n) is 4.27. The second-order valence-corrected chi connectivity index (χ2v) is 7.30. The van der Waals surface area contributed by atoms with E-state index in [0.717, 1.165) is 0 Å². The Kier molecular flexibility index (Phi) is 7.48. The van der Waals surface area contributed by atoms with Gasteiger partial charge < -0.3 is 19.1 Å². The van der Waals surface area contributed by atoms with Gasteiger partial charge >= 0.3 is 8.56 Å². The summed E-state index contributed by atoms with van der Waals surface area (Å²) >= 11 is 8.27. The highest BCUT2D eigenvalue weighted by Gasteiger charge is 2.50. The van der Waals surface area contributed by atoms with Crippen LogP contribution in [0.5, 0.6) is 0 Å². The van der Waals surface area contributed by atoms with E-state index in [-0.39, 0.29) is 5.54 Å². The molecule has 1 atom stereocenters. The second-order valence-electron chi connectivity index (χ2n) is 2.90. The van der Waals surface area contributed by atoms with Crippen molar-refractivity contribution in [2.24, 2.45) is 0 Å². The van der Waals surface area contributed by atoms with Gasteiger partial charge in [-0.25, -0.2) is 0 Å². The molecule has 0 heterocycles. The van der Waals surface area contributed by atoms with Gasteiger partial charge in [0.05, 0.1) is 0 Å². The van der Waals surface area contributed by atoms with Crippen molar-refractivity contribution in [2.75, 3.05) is 25.7 Å². The van der Waals surface area contributed by atoms with Crippen molar-refractivity contribution in [2.45, 2.75) is 17.9 Å². The van der Waals surface area contributed by atoms with E-state index in [1.807, 2.05) is 0 Å². The lowest BCUT2D eigenvalue weighted by molar-refractivity contribution is -0.0217. The van der Waals surface area contributed by atoms with Crippen molar-refractivity contribution in [3.63, 3.8) is 0 Å². The third-order valence-corrected chi connectivity index (χ3v) is 6.93. The van der Waals surface area contributed by atoms with E-state index < -0.39 is 14.5 Å². The van der Waals surface area contributed by atoms with Crippen molar-refractivity contribution < 1.29 is 19.1 Å². The molecule has 0 saturated carbocycles. The number of hydrogen-bond donors (Lipinski definition) is 4. The summed E-state index contributed by atoms with van der Waals surface area (Å²) in [7, 11) is -0.116.